The molecule has 1 aliphatic rings. The molecule has 0 aliphatic carbocycles. The van der Waals surface area contributed by atoms with Gasteiger partial charge in [0.15, 0.2) is 0 Å². The van der Waals surface area contributed by atoms with Gasteiger partial charge in [0.05, 0.1) is 6.04 Å². The first-order valence-electron chi connectivity index (χ1n) is 14.8. The van der Waals surface area contributed by atoms with Crippen LogP contribution >= 0.6 is 0 Å². The summed E-state index contributed by atoms with van der Waals surface area (Å²) in [4.78, 5) is 77.4. The maximum absolute atomic E-state index is 13.3. The molecule has 0 aromatic carbocycles. The summed E-state index contributed by atoms with van der Waals surface area (Å²) in [6.45, 7) is 10.9. The molecule has 1 heterocycles. The van der Waals surface area contributed by atoms with Gasteiger partial charge in [0.2, 0.25) is 29.5 Å². The molecule has 0 bridgehead atoms. The van der Waals surface area contributed by atoms with Crippen molar-refractivity contribution in [2.75, 3.05) is 13.1 Å². The highest BCUT2D eigenvalue weighted by Crippen LogP contribution is 2.18. The van der Waals surface area contributed by atoms with E-state index in [-0.39, 0.29) is 24.8 Å². The van der Waals surface area contributed by atoms with Gasteiger partial charge in [-0.25, -0.2) is 4.79 Å². The molecule has 0 unspecified atom stereocenters. The second-order valence-corrected chi connectivity index (χ2v) is 11.8. The van der Waals surface area contributed by atoms with E-state index in [9.17, 15) is 33.9 Å². The Bertz CT molecular complexity index is 959. The molecule has 6 atom stereocenters. The summed E-state index contributed by atoms with van der Waals surface area (Å²) in [6, 6.07) is -5.72. The van der Waals surface area contributed by atoms with Crippen LogP contribution in [0.1, 0.15) is 80.1 Å². The van der Waals surface area contributed by atoms with E-state index >= 15 is 0 Å². The molecule has 14 heteroatoms. The summed E-state index contributed by atoms with van der Waals surface area (Å²) in [6.07, 6.45) is 3.01. The van der Waals surface area contributed by atoms with Crippen LogP contribution in [0, 0.1) is 11.8 Å². The number of hydrogen-bond donors (Lipinski definition) is 7. The Labute approximate surface area is 248 Å². The summed E-state index contributed by atoms with van der Waals surface area (Å²) < 4.78 is 0. The van der Waals surface area contributed by atoms with Crippen LogP contribution in [-0.4, -0.2) is 94.9 Å². The number of carbonyl (C=O) groups is 6. The van der Waals surface area contributed by atoms with Crippen molar-refractivity contribution in [3.63, 3.8) is 0 Å². The van der Waals surface area contributed by atoms with Crippen molar-refractivity contribution in [3.05, 3.63) is 0 Å². The lowest BCUT2D eigenvalue weighted by molar-refractivity contribution is -0.149. The number of unbranched alkanes of at least 4 members (excludes halogenated alkanes) is 1. The van der Waals surface area contributed by atoms with Crippen molar-refractivity contribution >= 4 is 35.5 Å². The van der Waals surface area contributed by atoms with Gasteiger partial charge in [-0.15, -0.1) is 0 Å². The highest BCUT2D eigenvalue weighted by atomic mass is 16.4. The molecule has 0 spiro atoms. The maximum atomic E-state index is 13.3. The number of nitrogens with zero attached hydrogens (tertiary/aromatic N) is 1. The number of aliphatic carboxylic acids is 1. The molecule has 14 nitrogen and oxygen atoms in total. The first-order chi connectivity index (χ1) is 19.6. The van der Waals surface area contributed by atoms with Gasteiger partial charge in [-0.2, -0.15) is 0 Å². The lowest BCUT2D eigenvalue weighted by Crippen LogP contribution is -2.59. The van der Waals surface area contributed by atoms with E-state index in [4.69, 9.17) is 11.5 Å². The minimum atomic E-state index is -1.09. The highest BCUT2D eigenvalue weighted by Gasteiger charge is 2.37. The van der Waals surface area contributed by atoms with Crippen molar-refractivity contribution < 1.29 is 33.9 Å². The quantitative estimate of drug-likeness (QED) is 0.104. The van der Waals surface area contributed by atoms with Gasteiger partial charge in [-0.1, -0.05) is 34.1 Å². The summed E-state index contributed by atoms with van der Waals surface area (Å²) in [7, 11) is 0. The zero-order valence-electron chi connectivity index (χ0n) is 25.8. The van der Waals surface area contributed by atoms with Crippen molar-refractivity contribution in [3.8, 4) is 0 Å². The number of rotatable bonds is 17. The topological polar surface area (TPSA) is 226 Å². The Kier molecular flexibility index (Phi) is 15.4. The number of nitrogens with two attached hydrogens (primary N) is 2. The molecular weight excluding hydrogens is 546 g/mol. The van der Waals surface area contributed by atoms with Gasteiger partial charge in [0, 0.05) is 6.54 Å². The van der Waals surface area contributed by atoms with Gasteiger partial charge in [-0.05, 0) is 64.3 Å². The molecule has 42 heavy (non-hydrogen) atoms. The van der Waals surface area contributed by atoms with Crippen molar-refractivity contribution in [1.82, 2.24) is 26.2 Å². The van der Waals surface area contributed by atoms with Crippen LogP contribution in [0.3, 0.4) is 0 Å². The molecule has 0 radical (unpaired) electrons. The van der Waals surface area contributed by atoms with Crippen LogP contribution in [0.15, 0.2) is 0 Å². The summed E-state index contributed by atoms with van der Waals surface area (Å²) in [5.74, 6) is -4.23. The first-order valence-corrected chi connectivity index (χ1v) is 14.8. The fourth-order valence-electron chi connectivity index (χ4n) is 4.71. The van der Waals surface area contributed by atoms with Gasteiger partial charge >= 0.3 is 5.97 Å². The standard InChI is InChI=1S/C28H51N7O7/c1-15(2)14-20(33-23(36)17(5)31-24(37)19(30)10-7-8-12-29)25(38)34-22(16(3)4)26(39)32-18(6)27(40)35-13-9-11-21(35)28(41)42/h15-22H,7-14,29-30H2,1-6H3,(H,31,37)(H,32,39)(H,33,36)(H,34,38)(H,41,42)/t17-,18-,19-,20-,21-,22-/m0/s1. The monoisotopic (exact) mass is 597 g/mol. The Hall–Kier alpha value is -3.26. The van der Waals surface area contributed by atoms with Crippen LogP contribution < -0.4 is 32.7 Å². The van der Waals surface area contributed by atoms with Gasteiger partial charge in [-0.3, -0.25) is 24.0 Å². The molecule has 1 aliphatic heterocycles. The summed E-state index contributed by atoms with van der Waals surface area (Å²) in [5.41, 5.74) is 11.4. The number of carboxylic acid groups (broad SMARTS) is 1. The molecule has 5 amide bonds. The lowest BCUT2D eigenvalue weighted by atomic mass is 9.99. The van der Waals surface area contributed by atoms with E-state index in [1.807, 2.05) is 13.8 Å². The molecule has 0 aromatic heterocycles. The minimum absolute atomic E-state index is 0.00790. The number of amides is 5. The van der Waals surface area contributed by atoms with Crippen LogP contribution in [0.25, 0.3) is 0 Å². The van der Waals surface area contributed by atoms with Crippen LogP contribution in [0.5, 0.6) is 0 Å². The number of carbonyl (C=O) groups excluding carboxylic acids is 5. The van der Waals surface area contributed by atoms with Crippen LogP contribution in [0.2, 0.25) is 0 Å². The van der Waals surface area contributed by atoms with Crippen LogP contribution in [-0.2, 0) is 28.8 Å². The zero-order chi connectivity index (χ0) is 32.1. The molecule has 0 saturated carbocycles. The molecule has 1 rings (SSSR count). The van der Waals surface area contributed by atoms with E-state index in [1.54, 1.807) is 13.8 Å². The number of hydrogen-bond acceptors (Lipinski definition) is 8. The van der Waals surface area contributed by atoms with E-state index in [0.29, 0.717) is 32.2 Å². The maximum Gasteiger partial charge on any atom is 0.326 e. The fraction of sp³-hybridized carbons (Fsp3) is 0.786. The van der Waals surface area contributed by atoms with Crippen molar-refractivity contribution in [1.29, 1.82) is 0 Å². The molecular formula is C28H51N7O7. The van der Waals surface area contributed by atoms with Crippen LogP contribution in [0.4, 0.5) is 0 Å². The zero-order valence-corrected chi connectivity index (χ0v) is 25.8. The Balaban J connectivity index is 2.87. The summed E-state index contributed by atoms with van der Waals surface area (Å²) >= 11 is 0. The Morgan fingerprint density at radius 2 is 1.45 bits per heavy atom. The SMILES string of the molecule is CC(C)C[C@H](NC(=O)[C@H](C)NC(=O)[C@@H](N)CCCCN)C(=O)N[C@H](C(=O)N[C@@H](C)C(=O)N1CCC[C@H]1C(=O)O)C(C)C. The van der Waals surface area contributed by atoms with E-state index in [0.717, 1.165) is 6.42 Å². The highest BCUT2D eigenvalue weighted by molar-refractivity contribution is 5.96. The fourth-order valence-corrected chi connectivity index (χ4v) is 4.71. The third-order valence-electron chi connectivity index (χ3n) is 7.20. The average Bonchev–Trinajstić information content (AvgIpc) is 3.40. The lowest BCUT2D eigenvalue weighted by Gasteiger charge is -2.29. The molecule has 9 N–H and O–H groups in total. The van der Waals surface area contributed by atoms with Gasteiger partial charge in [0.1, 0.15) is 30.2 Å². The average molecular weight is 598 g/mol. The molecule has 0 aromatic rings. The van der Waals surface area contributed by atoms with Crippen molar-refractivity contribution in [2.24, 2.45) is 23.3 Å². The van der Waals surface area contributed by atoms with E-state index in [1.165, 1.54) is 18.7 Å². The smallest absolute Gasteiger partial charge is 0.326 e. The molecule has 1 saturated heterocycles. The number of nitrogens with one attached hydrogen (secondary N) is 4. The predicted molar refractivity (Wildman–Crippen MR) is 157 cm³/mol. The Morgan fingerprint density at radius 3 is 2.00 bits per heavy atom. The normalized spacial score (nSPS) is 18.5. The second-order valence-electron chi connectivity index (χ2n) is 11.8. The Morgan fingerprint density at radius 1 is 0.833 bits per heavy atom. The largest absolute Gasteiger partial charge is 0.480 e. The molecule has 1 fully saturated rings. The van der Waals surface area contributed by atoms with E-state index < -0.39 is 71.8 Å². The van der Waals surface area contributed by atoms with Gasteiger partial charge < -0.3 is 42.7 Å². The second kappa shape index (κ2) is 17.6. The first kappa shape index (κ1) is 36.8. The third kappa shape index (κ3) is 11.6. The molecule has 240 valence electrons. The number of likely N-dealkylation sites (tertiary alicyclic amines) is 1. The van der Waals surface area contributed by atoms with E-state index in [2.05, 4.69) is 21.3 Å². The third-order valence-corrected chi connectivity index (χ3v) is 7.20. The minimum Gasteiger partial charge on any atom is -0.480 e. The predicted octanol–water partition coefficient (Wildman–Crippen LogP) is -0.801. The summed E-state index contributed by atoms with van der Waals surface area (Å²) in [5, 5.41) is 19.9. The van der Waals surface area contributed by atoms with Crippen molar-refractivity contribution in [2.45, 2.75) is 116 Å². The number of carboxylic acids is 1. The van der Waals surface area contributed by atoms with Gasteiger partial charge in [0.25, 0.3) is 0 Å².